The van der Waals surface area contributed by atoms with Gasteiger partial charge in [-0.2, -0.15) is 0 Å². The lowest BCUT2D eigenvalue weighted by molar-refractivity contribution is 0.101. The van der Waals surface area contributed by atoms with E-state index in [0.717, 1.165) is 19.3 Å². The molecule has 0 aliphatic heterocycles. The van der Waals surface area contributed by atoms with Gasteiger partial charge in [-0.3, -0.25) is 0 Å². The highest BCUT2D eigenvalue weighted by atomic mass is 32.2. The van der Waals surface area contributed by atoms with Crippen LogP contribution in [0.4, 0.5) is 0 Å². The molecular formula is C10H21NO3S. The fraction of sp³-hybridized carbons (Fsp3) is 1.00. The first-order chi connectivity index (χ1) is 6.74. The third-order valence-corrected chi connectivity index (χ3v) is 5.07. The summed E-state index contributed by atoms with van der Waals surface area (Å²) in [6, 6.07) is -0.303. The molecule has 0 radical (unpaired) electrons. The lowest BCUT2D eigenvalue weighted by Crippen LogP contribution is -2.50. The second-order valence-electron chi connectivity index (χ2n) is 5.19. The van der Waals surface area contributed by atoms with Crippen molar-refractivity contribution >= 4 is 10.0 Å². The molecule has 1 aliphatic rings. The van der Waals surface area contributed by atoms with Gasteiger partial charge >= 0.3 is 0 Å². The van der Waals surface area contributed by atoms with Crippen molar-refractivity contribution in [2.75, 3.05) is 0 Å². The van der Waals surface area contributed by atoms with Crippen molar-refractivity contribution in [1.29, 1.82) is 0 Å². The summed E-state index contributed by atoms with van der Waals surface area (Å²) in [6.45, 7) is 4.97. The average molecular weight is 235 g/mol. The first-order valence-corrected chi connectivity index (χ1v) is 6.92. The molecule has 15 heavy (non-hydrogen) atoms. The van der Waals surface area contributed by atoms with Crippen LogP contribution < -0.4 is 4.72 Å². The van der Waals surface area contributed by atoms with Gasteiger partial charge in [0.1, 0.15) is 0 Å². The standard InChI is InChI=1S/C10H21NO3S/c1-10(2,3)15(13,14)11-8-6-4-5-7-9(8)12/h8-9,11-12H,4-7H2,1-3H3/t8-,9-/m1/s1. The third kappa shape index (κ3) is 3.16. The van der Waals surface area contributed by atoms with Gasteiger partial charge in [-0.25, -0.2) is 13.1 Å². The summed E-state index contributed by atoms with van der Waals surface area (Å²) in [4.78, 5) is 0. The Hall–Kier alpha value is -0.130. The topological polar surface area (TPSA) is 66.4 Å². The average Bonchev–Trinajstić information content (AvgIpc) is 2.06. The fourth-order valence-corrected chi connectivity index (χ4v) is 2.65. The second-order valence-corrected chi connectivity index (χ2v) is 7.66. The van der Waals surface area contributed by atoms with Crippen molar-refractivity contribution in [2.24, 2.45) is 0 Å². The van der Waals surface area contributed by atoms with Gasteiger partial charge in [0, 0.05) is 6.04 Å². The molecule has 0 heterocycles. The van der Waals surface area contributed by atoms with Crippen LogP contribution in [0.3, 0.4) is 0 Å². The molecule has 0 saturated heterocycles. The summed E-state index contributed by atoms with van der Waals surface area (Å²) in [5, 5.41) is 9.67. The normalized spacial score (nSPS) is 29.1. The maximum absolute atomic E-state index is 11.8. The van der Waals surface area contributed by atoms with Gasteiger partial charge < -0.3 is 5.11 Å². The molecule has 1 saturated carbocycles. The van der Waals surface area contributed by atoms with Crippen LogP contribution >= 0.6 is 0 Å². The monoisotopic (exact) mass is 235 g/mol. The van der Waals surface area contributed by atoms with E-state index in [2.05, 4.69) is 4.72 Å². The van der Waals surface area contributed by atoms with Gasteiger partial charge in [0.2, 0.25) is 10.0 Å². The van der Waals surface area contributed by atoms with Crippen LogP contribution in [0.25, 0.3) is 0 Å². The van der Waals surface area contributed by atoms with E-state index in [1.54, 1.807) is 20.8 Å². The summed E-state index contributed by atoms with van der Waals surface area (Å²) >= 11 is 0. The Morgan fingerprint density at radius 3 is 2.20 bits per heavy atom. The lowest BCUT2D eigenvalue weighted by atomic mass is 9.93. The van der Waals surface area contributed by atoms with Gasteiger partial charge in [-0.05, 0) is 33.6 Å². The lowest BCUT2D eigenvalue weighted by Gasteiger charge is -2.31. The predicted octanol–water partition coefficient (Wildman–Crippen LogP) is 1.01. The Morgan fingerprint density at radius 1 is 1.20 bits per heavy atom. The summed E-state index contributed by atoms with van der Waals surface area (Å²) in [7, 11) is -3.34. The van der Waals surface area contributed by atoms with Crippen molar-refractivity contribution in [3.63, 3.8) is 0 Å². The molecule has 1 rings (SSSR count). The van der Waals surface area contributed by atoms with Crippen molar-refractivity contribution in [2.45, 2.75) is 63.3 Å². The maximum Gasteiger partial charge on any atom is 0.216 e. The van der Waals surface area contributed by atoms with Crippen LogP contribution in [0.15, 0.2) is 0 Å². The molecular weight excluding hydrogens is 214 g/mol. The van der Waals surface area contributed by atoms with E-state index in [-0.39, 0.29) is 6.04 Å². The van der Waals surface area contributed by atoms with E-state index in [9.17, 15) is 13.5 Å². The van der Waals surface area contributed by atoms with Crippen LogP contribution in [-0.4, -0.2) is 30.4 Å². The van der Waals surface area contributed by atoms with E-state index in [0.29, 0.717) is 6.42 Å². The SMILES string of the molecule is CC(C)(C)S(=O)(=O)N[C@@H]1CCCC[C@H]1O. The van der Waals surface area contributed by atoms with Crippen LogP contribution in [0, 0.1) is 0 Å². The Labute approximate surface area is 92.1 Å². The Kier molecular flexibility index (Phi) is 3.79. The molecule has 0 bridgehead atoms. The highest BCUT2D eigenvalue weighted by molar-refractivity contribution is 7.90. The van der Waals surface area contributed by atoms with E-state index in [1.165, 1.54) is 0 Å². The number of sulfonamides is 1. The molecule has 1 aliphatic carbocycles. The van der Waals surface area contributed by atoms with Gasteiger partial charge in [0.25, 0.3) is 0 Å². The molecule has 5 heteroatoms. The highest BCUT2D eigenvalue weighted by Gasteiger charge is 2.34. The minimum atomic E-state index is -3.34. The molecule has 2 N–H and O–H groups in total. The van der Waals surface area contributed by atoms with E-state index >= 15 is 0 Å². The number of aliphatic hydroxyl groups is 1. The highest BCUT2D eigenvalue weighted by Crippen LogP contribution is 2.21. The van der Waals surface area contributed by atoms with E-state index in [4.69, 9.17) is 0 Å². The van der Waals surface area contributed by atoms with Crippen LogP contribution in [-0.2, 0) is 10.0 Å². The number of aliphatic hydroxyl groups excluding tert-OH is 1. The first kappa shape index (κ1) is 12.9. The molecule has 0 amide bonds. The summed E-state index contributed by atoms with van der Waals surface area (Å²) in [5.74, 6) is 0. The fourth-order valence-electron chi connectivity index (χ4n) is 1.62. The van der Waals surface area contributed by atoms with Crippen molar-refractivity contribution < 1.29 is 13.5 Å². The number of hydrogen-bond donors (Lipinski definition) is 2. The zero-order chi connectivity index (χ0) is 11.7. The molecule has 0 spiro atoms. The largest absolute Gasteiger partial charge is 0.391 e. The predicted molar refractivity (Wildman–Crippen MR) is 60.1 cm³/mol. The minimum Gasteiger partial charge on any atom is -0.391 e. The Bertz CT molecular complexity index is 305. The molecule has 2 atom stereocenters. The van der Waals surface area contributed by atoms with Crippen LogP contribution in [0.1, 0.15) is 46.5 Å². The second kappa shape index (κ2) is 4.39. The van der Waals surface area contributed by atoms with Gasteiger partial charge in [0.05, 0.1) is 10.9 Å². The van der Waals surface area contributed by atoms with Gasteiger partial charge in [0.15, 0.2) is 0 Å². The van der Waals surface area contributed by atoms with Crippen molar-refractivity contribution in [3.8, 4) is 0 Å². The van der Waals surface area contributed by atoms with Crippen molar-refractivity contribution in [3.05, 3.63) is 0 Å². The zero-order valence-electron chi connectivity index (χ0n) is 9.66. The van der Waals surface area contributed by atoms with Crippen LogP contribution in [0.5, 0.6) is 0 Å². The van der Waals surface area contributed by atoms with E-state index in [1.807, 2.05) is 0 Å². The number of hydrogen-bond acceptors (Lipinski definition) is 3. The summed E-state index contributed by atoms with van der Waals surface area (Å²) in [5.41, 5.74) is 0. The molecule has 0 unspecified atom stereocenters. The summed E-state index contributed by atoms with van der Waals surface area (Å²) < 4.78 is 25.5. The first-order valence-electron chi connectivity index (χ1n) is 5.44. The molecule has 1 fully saturated rings. The maximum atomic E-state index is 11.8. The number of nitrogens with one attached hydrogen (secondary N) is 1. The number of rotatable bonds is 2. The molecule has 4 nitrogen and oxygen atoms in total. The van der Waals surface area contributed by atoms with E-state index < -0.39 is 20.9 Å². The molecule has 0 aromatic carbocycles. The van der Waals surface area contributed by atoms with Crippen molar-refractivity contribution in [1.82, 2.24) is 4.72 Å². The smallest absolute Gasteiger partial charge is 0.216 e. The Balaban J connectivity index is 2.69. The molecule has 90 valence electrons. The van der Waals surface area contributed by atoms with Gasteiger partial charge in [-0.1, -0.05) is 12.8 Å². The minimum absolute atomic E-state index is 0.303. The Morgan fingerprint density at radius 2 is 1.73 bits per heavy atom. The molecule has 0 aromatic heterocycles. The molecule has 0 aromatic rings. The summed E-state index contributed by atoms with van der Waals surface area (Å²) in [6.07, 6.45) is 2.85. The van der Waals surface area contributed by atoms with Crippen LogP contribution in [0.2, 0.25) is 0 Å². The zero-order valence-corrected chi connectivity index (χ0v) is 10.5. The quantitative estimate of drug-likeness (QED) is 0.750. The van der Waals surface area contributed by atoms with Gasteiger partial charge in [-0.15, -0.1) is 0 Å². The third-order valence-electron chi connectivity index (χ3n) is 2.84.